The highest BCUT2D eigenvalue weighted by Crippen LogP contribution is 2.27. The van der Waals surface area contributed by atoms with Crippen LogP contribution in [-0.4, -0.2) is 32.6 Å². The molecule has 2 amide bonds. The molecule has 0 unspecified atom stereocenters. The third kappa shape index (κ3) is 4.90. The molecule has 0 fully saturated rings. The van der Waals surface area contributed by atoms with E-state index in [2.05, 4.69) is 10.6 Å². The molecule has 27 heavy (non-hydrogen) atoms. The highest BCUT2D eigenvalue weighted by atomic mass is 19.2. The van der Waals surface area contributed by atoms with Gasteiger partial charge in [0.1, 0.15) is 0 Å². The Hall–Kier alpha value is -3.23. The lowest BCUT2D eigenvalue weighted by atomic mass is 10.2. The van der Waals surface area contributed by atoms with Gasteiger partial charge in [-0.25, -0.2) is 13.2 Å². The minimum absolute atomic E-state index is 0.147. The summed E-state index contributed by atoms with van der Waals surface area (Å²) in [6.45, 7) is -0.320. The Kier molecular flexibility index (Phi) is 6.64. The third-order valence-corrected chi connectivity index (χ3v) is 3.63. The maximum Gasteiger partial charge on any atom is 0.254 e. The number of amides is 2. The van der Waals surface area contributed by atoms with Gasteiger partial charge in [-0.15, -0.1) is 0 Å². The Balaban J connectivity index is 1.89. The zero-order valence-electron chi connectivity index (χ0n) is 14.6. The van der Waals surface area contributed by atoms with E-state index in [0.29, 0.717) is 17.6 Å². The molecule has 0 aromatic heterocycles. The first kappa shape index (κ1) is 20.1. The molecule has 0 saturated carbocycles. The summed E-state index contributed by atoms with van der Waals surface area (Å²) in [6, 6.07) is 6.49. The monoisotopic (exact) mass is 382 g/mol. The standard InChI is InChI=1S/C18H17F3N2O4/c1-26-13-6-3-10(7-14(13)27-2)8-22-15(24)9-23-18(25)11-4-5-12(19)17(21)16(11)20/h3-7H,8-9H2,1-2H3,(H,22,24)(H,23,25). The van der Waals surface area contributed by atoms with Crippen molar-refractivity contribution < 1.29 is 32.2 Å². The van der Waals surface area contributed by atoms with Crippen LogP contribution in [0.4, 0.5) is 13.2 Å². The van der Waals surface area contributed by atoms with Crippen LogP contribution in [0.25, 0.3) is 0 Å². The molecule has 2 aromatic rings. The van der Waals surface area contributed by atoms with Gasteiger partial charge in [0.05, 0.1) is 26.3 Å². The van der Waals surface area contributed by atoms with E-state index in [1.165, 1.54) is 14.2 Å². The van der Waals surface area contributed by atoms with E-state index in [1.807, 2.05) is 0 Å². The molecule has 2 rings (SSSR count). The van der Waals surface area contributed by atoms with Gasteiger partial charge in [0.25, 0.3) is 5.91 Å². The third-order valence-electron chi connectivity index (χ3n) is 3.63. The van der Waals surface area contributed by atoms with Crippen LogP contribution in [0.15, 0.2) is 30.3 Å². The number of hydrogen-bond donors (Lipinski definition) is 2. The minimum Gasteiger partial charge on any atom is -0.493 e. The largest absolute Gasteiger partial charge is 0.493 e. The van der Waals surface area contributed by atoms with Crippen LogP contribution in [0, 0.1) is 17.5 Å². The van der Waals surface area contributed by atoms with Crippen LogP contribution in [0.1, 0.15) is 15.9 Å². The van der Waals surface area contributed by atoms with E-state index < -0.39 is 41.4 Å². The number of rotatable bonds is 7. The van der Waals surface area contributed by atoms with Gasteiger partial charge in [0.2, 0.25) is 5.91 Å². The second-order valence-corrected chi connectivity index (χ2v) is 5.37. The number of ether oxygens (including phenoxy) is 2. The van der Waals surface area contributed by atoms with Crippen molar-refractivity contribution in [3.63, 3.8) is 0 Å². The molecule has 0 aliphatic rings. The van der Waals surface area contributed by atoms with Gasteiger partial charge in [-0.3, -0.25) is 9.59 Å². The van der Waals surface area contributed by atoms with E-state index in [-0.39, 0.29) is 6.54 Å². The highest BCUT2D eigenvalue weighted by molar-refractivity contribution is 5.96. The number of halogens is 3. The first-order valence-electron chi connectivity index (χ1n) is 7.76. The molecule has 9 heteroatoms. The topological polar surface area (TPSA) is 76.7 Å². The van der Waals surface area contributed by atoms with E-state index in [9.17, 15) is 22.8 Å². The van der Waals surface area contributed by atoms with Gasteiger partial charge in [0.15, 0.2) is 29.0 Å². The molecule has 0 atom stereocenters. The lowest BCUT2D eigenvalue weighted by molar-refractivity contribution is -0.120. The van der Waals surface area contributed by atoms with Crippen LogP contribution in [0.5, 0.6) is 11.5 Å². The average molecular weight is 382 g/mol. The normalized spacial score (nSPS) is 10.3. The number of hydrogen-bond acceptors (Lipinski definition) is 4. The lowest BCUT2D eigenvalue weighted by Gasteiger charge is -2.11. The van der Waals surface area contributed by atoms with Gasteiger partial charge < -0.3 is 20.1 Å². The summed E-state index contributed by atoms with van der Waals surface area (Å²) in [4.78, 5) is 23.6. The molecule has 0 aliphatic carbocycles. The van der Waals surface area contributed by atoms with Crippen molar-refractivity contribution in [3.8, 4) is 11.5 Å². The van der Waals surface area contributed by atoms with Gasteiger partial charge in [-0.2, -0.15) is 0 Å². The van der Waals surface area contributed by atoms with Crippen LogP contribution in [0.3, 0.4) is 0 Å². The number of carbonyl (C=O) groups is 2. The summed E-state index contributed by atoms with van der Waals surface area (Å²) < 4.78 is 49.8. The number of nitrogens with one attached hydrogen (secondary N) is 2. The Morgan fingerprint density at radius 2 is 1.63 bits per heavy atom. The first-order valence-corrected chi connectivity index (χ1v) is 7.76. The van der Waals surface area contributed by atoms with Crippen molar-refractivity contribution in [2.24, 2.45) is 0 Å². The zero-order valence-corrected chi connectivity index (χ0v) is 14.6. The summed E-state index contributed by atoms with van der Waals surface area (Å²) in [5, 5.41) is 4.69. The Morgan fingerprint density at radius 1 is 0.926 bits per heavy atom. The van der Waals surface area contributed by atoms with E-state index >= 15 is 0 Å². The van der Waals surface area contributed by atoms with Crippen molar-refractivity contribution in [1.82, 2.24) is 10.6 Å². The predicted octanol–water partition coefficient (Wildman–Crippen LogP) is 2.17. The van der Waals surface area contributed by atoms with Crippen LogP contribution < -0.4 is 20.1 Å². The SMILES string of the molecule is COc1ccc(CNC(=O)CNC(=O)c2ccc(F)c(F)c2F)cc1OC. The molecule has 144 valence electrons. The van der Waals surface area contributed by atoms with Crippen molar-refractivity contribution >= 4 is 11.8 Å². The fourth-order valence-electron chi connectivity index (χ4n) is 2.21. The summed E-state index contributed by atoms with van der Waals surface area (Å²) in [5.74, 6) is -5.33. The van der Waals surface area contributed by atoms with Gasteiger partial charge in [-0.1, -0.05) is 6.07 Å². The first-order chi connectivity index (χ1) is 12.9. The van der Waals surface area contributed by atoms with E-state index in [4.69, 9.17) is 9.47 Å². The zero-order chi connectivity index (χ0) is 20.0. The average Bonchev–Trinajstić information content (AvgIpc) is 2.68. The quantitative estimate of drug-likeness (QED) is 0.720. The van der Waals surface area contributed by atoms with Crippen LogP contribution >= 0.6 is 0 Å². The molecule has 0 bridgehead atoms. The van der Waals surface area contributed by atoms with Crippen molar-refractivity contribution in [2.75, 3.05) is 20.8 Å². The molecule has 0 radical (unpaired) electrons. The van der Waals surface area contributed by atoms with Crippen molar-refractivity contribution in [2.45, 2.75) is 6.54 Å². The molecular formula is C18H17F3N2O4. The molecule has 0 saturated heterocycles. The van der Waals surface area contributed by atoms with Gasteiger partial charge in [0, 0.05) is 6.54 Å². The number of carbonyl (C=O) groups excluding carboxylic acids is 2. The summed E-state index contributed by atoms with van der Waals surface area (Å²) >= 11 is 0. The number of benzene rings is 2. The maximum absolute atomic E-state index is 13.5. The fourth-order valence-corrected chi connectivity index (χ4v) is 2.21. The Bertz CT molecular complexity index is 859. The molecule has 0 spiro atoms. The summed E-state index contributed by atoms with van der Waals surface area (Å²) in [5.41, 5.74) is 0.0283. The van der Waals surface area contributed by atoms with Crippen LogP contribution in [0.2, 0.25) is 0 Å². The predicted molar refractivity (Wildman–Crippen MR) is 90.0 cm³/mol. The van der Waals surface area contributed by atoms with Crippen molar-refractivity contribution in [1.29, 1.82) is 0 Å². The summed E-state index contributed by atoms with van der Waals surface area (Å²) in [7, 11) is 2.98. The van der Waals surface area contributed by atoms with E-state index in [0.717, 1.165) is 11.6 Å². The smallest absolute Gasteiger partial charge is 0.254 e. The fraction of sp³-hybridized carbons (Fsp3) is 0.222. The van der Waals surface area contributed by atoms with Crippen LogP contribution in [-0.2, 0) is 11.3 Å². The Morgan fingerprint density at radius 3 is 2.30 bits per heavy atom. The summed E-state index contributed by atoms with van der Waals surface area (Å²) in [6.07, 6.45) is 0. The highest BCUT2D eigenvalue weighted by Gasteiger charge is 2.19. The molecular weight excluding hydrogens is 365 g/mol. The second-order valence-electron chi connectivity index (χ2n) is 5.37. The van der Waals surface area contributed by atoms with Gasteiger partial charge in [-0.05, 0) is 29.8 Å². The molecule has 0 heterocycles. The maximum atomic E-state index is 13.5. The van der Waals surface area contributed by atoms with Gasteiger partial charge >= 0.3 is 0 Å². The number of methoxy groups -OCH3 is 2. The van der Waals surface area contributed by atoms with Crippen molar-refractivity contribution in [3.05, 3.63) is 58.9 Å². The molecule has 2 aromatic carbocycles. The second kappa shape index (κ2) is 8.93. The Labute approximate surface area is 153 Å². The minimum atomic E-state index is -1.75. The van der Waals surface area contributed by atoms with E-state index in [1.54, 1.807) is 18.2 Å². The molecule has 2 N–H and O–H groups in total. The molecule has 0 aliphatic heterocycles. The molecule has 6 nitrogen and oxygen atoms in total. The lowest BCUT2D eigenvalue weighted by Crippen LogP contribution is -2.37.